The fourth-order valence-electron chi connectivity index (χ4n) is 1.81. The first-order chi connectivity index (χ1) is 7.41. The maximum absolute atomic E-state index is 10.1. The van der Waals surface area contributed by atoms with Crippen molar-refractivity contribution >= 4 is 28.9 Å². The first-order valence-electron chi connectivity index (χ1n) is 5.71. The smallest absolute Gasteiger partial charge is 0.245 e. The molecule has 6 heteroatoms. The second-order valence-corrected chi connectivity index (χ2v) is 11.0. The summed E-state index contributed by atoms with van der Waals surface area (Å²) in [5.41, 5.74) is -2.61. The Kier molecular flexibility index (Phi) is 6.27. The number of likely N-dealkylation sites (N-methyl/N-ethyl adjacent to an activating group) is 1. The third-order valence-electron chi connectivity index (χ3n) is 2.84. The van der Waals surface area contributed by atoms with Crippen molar-refractivity contribution in [3.05, 3.63) is 0 Å². The lowest BCUT2D eigenvalue weighted by molar-refractivity contribution is 0.265. The van der Waals surface area contributed by atoms with Crippen molar-refractivity contribution in [2.75, 3.05) is 27.2 Å². The minimum absolute atomic E-state index is 0.496. The van der Waals surface area contributed by atoms with Gasteiger partial charge in [0.2, 0.25) is 5.69 Å². The van der Waals surface area contributed by atoms with Crippen LogP contribution in [0.3, 0.4) is 0 Å². The zero-order valence-corrected chi connectivity index (χ0v) is 12.8. The van der Waals surface area contributed by atoms with Crippen molar-refractivity contribution < 1.29 is 9.42 Å². The largest absolute Gasteiger partial charge is 0.337 e. The van der Waals surface area contributed by atoms with Gasteiger partial charge in [0.05, 0.1) is 6.61 Å². The summed E-state index contributed by atoms with van der Waals surface area (Å²) in [6.45, 7) is 3.56. The third-order valence-corrected chi connectivity index (χ3v) is 7.61. The van der Waals surface area contributed by atoms with Gasteiger partial charge in [-0.05, 0) is 44.7 Å². The van der Waals surface area contributed by atoms with Crippen molar-refractivity contribution in [1.82, 2.24) is 4.90 Å². The van der Waals surface area contributed by atoms with Crippen LogP contribution in [0.5, 0.6) is 0 Å². The van der Waals surface area contributed by atoms with Crippen LogP contribution in [0.2, 0.25) is 0 Å². The van der Waals surface area contributed by atoms with E-state index in [4.69, 9.17) is 16.3 Å². The minimum atomic E-state index is -2.61. The highest BCUT2D eigenvalue weighted by molar-refractivity contribution is 8.67. The normalized spacial score (nSPS) is 29.6. The molecule has 1 unspecified atom stereocenters. The van der Waals surface area contributed by atoms with Gasteiger partial charge in [-0.1, -0.05) is 24.7 Å². The Morgan fingerprint density at radius 2 is 2.19 bits per heavy atom. The summed E-state index contributed by atoms with van der Waals surface area (Å²) in [5, 5.41) is 0.496. The van der Waals surface area contributed by atoms with Crippen LogP contribution in [0.4, 0.5) is 0 Å². The molecule has 0 radical (unpaired) electrons. The molecule has 0 aromatic carbocycles. The highest BCUT2D eigenvalue weighted by Gasteiger charge is 2.29. The Labute approximate surface area is 108 Å². The molecule has 1 rings (SSSR count). The van der Waals surface area contributed by atoms with Gasteiger partial charge >= 0.3 is 0 Å². The van der Waals surface area contributed by atoms with E-state index in [1.165, 1.54) is 30.6 Å². The summed E-state index contributed by atoms with van der Waals surface area (Å²) in [6, 6.07) is 0. The molecule has 0 amide bonds. The number of rotatable bonds is 6. The van der Waals surface area contributed by atoms with Gasteiger partial charge in [0, 0.05) is 11.8 Å². The third kappa shape index (κ3) is 5.48. The Morgan fingerprint density at radius 3 is 2.69 bits per heavy atom. The molecule has 1 saturated carbocycles. The summed E-state index contributed by atoms with van der Waals surface area (Å²) in [5.74, 6) is 0.664. The Morgan fingerprint density at radius 1 is 1.50 bits per heavy atom. The molecular weight excluding hydrogens is 261 g/mol. The summed E-state index contributed by atoms with van der Waals surface area (Å²) in [7, 11) is 3.97. The van der Waals surface area contributed by atoms with Crippen molar-refractivity contribution in [3.8, 4) is 0 Å². The Balaban J connectivity index is 2.30. The predicted octanol–water partition coefficient (Wildman–Crippen LogP) is 2.70. The molecule has 3 nitrogen and oxygen atoms in total. The lowest BCUT2D eigenvalue weighted by Gasteiger charge is -2.22. The first-order valence-corrected chi connectivity index (χ1v) is 9.87. The molecule has 96 valence electrons. The second-order valence-electron chi connectivity index (χ2n) is 4.66. The molecule has 1 N–H and O–H groups in total. The van der Waals surface area contributed by atoms with Crippen LogP contribution in [0.25, 0.3) is 0 Å². The van der Waals surface area contributed by atoms with Crippen LogP contribution in [-0.2, 0) is 16.3 Å². The maximum atomic E-state index is 10.1. The molecule has 1 aliphatic rings. The molecule has 0 heterocycles. The van der Waals surface area contributed by atoms with E-state index in [1.54, 1.807) is 0 Å². The van der Waals surface area contributed by atoms with Crippen LogP contribution in [0.1, 0.15) is 26.2 Å². The fraction of sp³-hybridized carbons (Fsp3) is 1.00. The topological polar surface area (TPSA) is 32.7 Å². The van der Waals surface area contributed by atoms with Gasteiger partial charge in [-0.2, -0.15) is 0 Å². The van der Waals surface area contributed by atoms with Crippen molar-refractivity contribution in [2.24, 2.45) is 5.92 Å². The molecule has 0 aromatic rings. The van der Waals surface area contributed by atoms with E-state index in [-0.39, 0.29) is 0 Å². The maximum Gasteiger partial charge on any atom is 0.245 e. The van der Waals surface area contributed by atoms with Crippen LogP contribution >= 0.6 is 17.1 Å². The molecule has 1 aliphatic carbocycles. The van der Waals surface area contributed by atoms with E-state index in [0.29, 0.717) is 17.8 Å². The van der Waals surface area contributed by atoms with Crippen LogP contribution < -0.4 is 0 Å². The van der Waals surface area contributed by atoms with Crippen LogP contribution in [-0.4, -0.2) is 42.3 Å². The monoisotopic (exact) mass is 283 g/mol. The standard InChI is InChI=1S/C10H22NO2PS2/c1-9-5-4-6-10(9)16-14(12,15)13-8-7-11(2)3/h9-10H,4-8H2,1-3H3,(H,12,15)/t9-,10+,14?/m0/s1. The van der Waals surface area contributed by atoms with E-state index >= 15 is 0 Å². The molecule has 16 heavy (non-hydrogen) atoms. The van der Waals surface area contributed by atoms with Crippen molar-refractivity contribution in [2.45, 2.75) is 31.4 Å². The highest BCUT2D eigenvalue weighted by atomic mass is 32.9. The van der Waals surface area contributed by atoms with Crippen molar-refractivity contribution in [1.29, 1.82) is 0 Å². The van der Waals surface area contributed by atoms with E-state index in [1.807, 2.05) is 19.0 Å². The zero-order chi connectivity index (χ0) is 12.2. The van der Waals surface area contributed by atoms with Gasteiger partial charge < -0.3 is 14.3 Å². The molecular formula is C10H22NO2PS2. The quantitative estimate of drug-likeness (QED) is 0.758. The van der Waals surface area contributed by atoms with E-state index in [9.17, 15) is 4.89 Å². The molecule has 0 bridgehead atoms. The predicted molar refractivity (Wildman–Crippen MR) is 75.4 cm³/mol. The summed E-state index contributed by atoms with van der Waals surface area (Å²) in [4.78, 5) is 12.1. The van der Waals surface area contributed by atoms with E-state index in [2.05, 4.69) is 6.92 Å². The molecule has 0 aliphatic heterocycles. The van der Waals surface area contributed by atoms with Gasteiger partial charge in [0.25, 0.3) is 0 Å². The lowest BCUT2D eigenvalue weighted by atomic mass is 10.1. The van der Waals surface area contributed by atoms with Gasteiger partial charge in [-0.25, -0.2) is 0 Å². The lowest BCUT2D eigenvalue weighted by Crippen LogP contribution is -2.17. The Bertz CT molecular complexity index is 263. The summed E-state index contributed by atoms with van der Waals surface area (Å²) < 4.78 is 5.45. The van der Waals surface area contributed by atoms with Gasteiger partial charge in [-0.15, -0.1) is 0 Å². The fourth-order valence-corrected chi connectivity index (χ4v) is 6.73. The number of hydrogen-bond acceptors (Lipinski definition) is 4. The van der Waals surface area contributed by atoms with E-state index in [0.717, 1.165) is 6.54 Å². The summed E-state index contributed by atoms with van der Waals surface area (Å²) in [6.07, 6.45) is 3.68. The van der Waals surface area contributed by atoms with Gasteiger partial charge in [0.15, 0.2) is 0 Å². The molecule has 0 spiro atoms. The van der Waals surface area contributed by atoms with Crippen molar-refractivity contribution in [3.63, 3.8) is 0 Å². The minimum Gasteiger partial charge on any atom is -0.337 e. The second kappa shape index (κ2) is 6.72. The summed E-state index contributed by atoms with van der Waals surface area (Å²) >= 11 is 6.68. The van der Waals surface area contributed by atoms with Gasteiger partial charge in [0.1, 0.15) is 0 Å². The molecule has 3 atom stereocenters. The SMILES string of the molecule is C[C@H]1CCC[C@H]1SP(O)(=S)OCCN(C)C. The average Bonchev–Trinajstić information content (AvgIpc) is 2.50. The van der Waals surface area contributed by atoms with Crippen LogP contribution in [0.15, 0.2) is 0 Å². The average molecular weight is 283 g/mol. The van der Waals surface area contributed by atoms with Gasteiger partial charge in [-0.3, -0.25) is 0 Å². The first kappa shape index (κ1) is 14.9. The van der Waals surface area contributed by atoms with Crippen LogP contribution in [0, 0.1) is 5.92 Å². The Hall–Kier alpha value is 0.880. The zero-order valence-electron chi connectivity index (χ0n) is 10.3. The number of hydrogen-bond donors (Lipinski definition) is 1. The molecule has 0 aromatic heterocycles. The number of nitrogens with zero attached hydrogens (tertiary/aromatic N) is 1. The van der Waals surface area contributed by atoms with E-state index < -0.39 is 5.69 Å². The molecule has 1 fully saturated rings. The molecule has 0 saturated heterocycles. The highest BCUT2D eigenvalue weighted by Crippen LogP contribution is 2.61.